The van der Waals surface area contributed by atoms with Crippen LogP contribution in [0.15, 0.2) is 12.5 Å². The van der Waals surface area contributed by atoms with Gasteiger partial charge in [0.25, 0.3) is 0 Å². The first kappa shape index (κ1) is 7.50. The van der Waals surface area contributed by atoms with Gasteiger partial charge in [-0.15, -0.1) is 0 Å². The molecule has 0 saturated carbocycles. The minimum absolute atomic E-state index is 0.799. The van der Waals surface area contributed by atoms with Gasteiger partial charge in [0.2, 0.25) is 0 Å². The standard InChI is InChI=1S/C6H14NO/c1-7(2,3)5-6-8-4/h5-6H,1-4H3/q+1/b6-5-. The van der Waals surface area contributed by atoms with Gasteiger partial charge in [0, 0.05) is 0 Å². The Balaban J connectivity index is 3.52. The van der Waals surface area contributed by atoms with E-state index in [4.69, 9.17) is 4.74 Å². The van der Waals surface area contributed by atoms with Crippen LogP contribution in [0, 0.1) is 0 Å². The molecule has 0 heterocycles. The van der Waals surface area contributed by atoms with Gasteiger partial charge in [-0.3, -0.25) is 0 Å². The second-order valence-corrected chi connectivity index (χ2v) is 2.64. The van der Waals surface area contributed by atoms with Crippen molar-refractivity contribution in [3.8, 4) is 0 Å². The highest BCUT2D eigenvalue weighted by atomic mass is 16.5. The highest BCUT2D eigenvalue weighted by molar-refractivity contribution is 4.58. The molecule has 0 unspecified atom stereocenters. The summed E-state index contributed by atoms with van der Waals surface area (Å²) in [4.78, 5) is 0. The zero-order valence-corrected chi connectivity index (χ0v) is 6.01. The Bertz CT molecular complexity index is 81.0. The van der Waals surface area contributed by atoms with Gasteiger partial charge in [-0.1, -0.05) is 0 Å². The van der Waals surface area contributed by atoms with Gasteiger partial charge in [0.05, 0.1) is 28.3 Å². The van der Waals surface area contributed by atoms with E-state index < -0.39 is 0 Å². The molecule has 0 saturated heterocycles. The van der Waals surface area contributed by atoms with E-state index >= 15 is 0 Å². The van der Waals surface area contributed by atoms with Gasteiger partial charge < -0.3 is 9.22 Å². The van der Waals surface area contributed by atoms with E-state index in [-0.39, 0.29) is 0 Å². The van der Waals surface area contributed by atoms with Gasteiger partial charge in [-0.05, 0) is 0 Å². The largest absolute Gasteiger partial charge is 0.499 e. The first-order chi connectivity index (χ1) is 3.56. The van der Waals surface area contributed by atoms with E-state index in [1.807, 2.05) is 6.20 Å². The molecule has 0 aliphatic carbocycles. The average molecular weight is 116 g/mol. The summed E-state index contributed by atoms with van der Waals surface area (Å²) in [6, 6.07) is 0. The van der Waals surface area contributed by atoms with Crippen molar-refractivity contribution >= 4 is 0 Å². The summed E-state index contributed by atoms with van der Waals surface area (Å²) in [5, 5.41) is 0. The highest BCUT2D eigenvalue weighted by Gasteiger charge is 1.97. The van der Waals surface area contributed by atoms with Crippen LogP contribution < -0.4 is 0 Å². The van der Waals surface area contributed by atoms with Crippen molar-refractivity contribution in [2.75, 3.05) is 28.3 Å². The minimum atomic E-state index is 0.799. The molecule has 0 spiro atoms. The third kappa shape index (κ3) is 5.50. The van der Waals surface area contributed by atoms with E-state index in [2.05, 4.69) is 21.1 Å². The fourth-order valence-electron chi connectivity index (χ4n) is 0.243. The molecule has 8 heavy (non-hydrogen) atoms. The minimum Gasteiger partial charge on any atom is -0.499 e. The Labute approximate surface area is 51.0 Å². The molecule has 0 amide bonds. The molecule has 0 radical (unpaired) electrons. The maximum absolute atomic E-state index is 4.72. The number of quaternary nitrogens is 1. The second-order valence-electron chi connectivity index (χ2n) is 2.64. The zero-order valence-electron chi connectivity index (χ0n) is 6.01. The van der Waals surface area contributed by atoms with Crippen LogP contribution in [0.1, 0.15) is 0 Å². The number of nitrogens with zero attached hydrogens (tertiary/aromatic N) is 1. The van der Waals surface area contributed by atoms with Gasteiger partial charge in [-0.25, -0.2) is 0 Å². The van der Waals surface area contributed by atoms with Crippen molar-refractivity contribution in [3.63, 3.8) is 0 Å². The SMILES string of the molecule is CO/C=C\[N+](C)(C)C. The van der Waals surface area contributed by atoms with Crippen LogP contribution in [0.25, 0.3) is 0 Å². The number of ether oxygens (including phenoxy) is 1. The Kier molecular flexibility index (Phi) is 2.55. The van der Waals surface area contributed by atoms with Crippen LogP contribution in [-0.2, 0) is 4.74 Å². The molecule has 0 N–H and O–H groups in total. The molecule has 48 valence electrons. The Morgan fingerprint density at radius 1 is 1.25 bits per heavy atom. The van der Waals surface area contributed by atoms with Crippen LogP contribution >= 0.6 is 0 Å². The molecular weight excluding hydrogens is 102 g/mol. The first-order valence-corrected chi connectivity index (χ1v) is 2.58. The van der Waals surface area contributed by atoms with Crippen LogP contribution in [0.3, 0.4) is 0 Å². The summed E-state index contributed by atoms with van der Waals surface area (Å²) in [5.41, 5.74) is 0. The molecule has 0 aromatic heterocycles. The molecule has 0 rings (SSSR count). The number of methoxy groups -OCH3 is 1. The maximum atomic E-state index is 4.72. The third-order valence-corrected chi connectivity index (χ3v) is 0.644. The van der Waals surface area contributed by atoms with Crippen molar-refractivity contribution in [1.29, 1.82) is 0 Å². The van der Waals surface area contributed by atoms with Gasteiger partial charge in [0.1, 0.15) is 12.5 Å². The van der Waals surface area contributed by atoms with E-state index in [0.717, 1.165) is 4.48 Å². The van der Waals surface area contributed by atoms with E-state index in [0.29, 0.717) is 0 Å². The monoisotopic (exact) mass is 116 g/mol. The molecular formula is C6H14NO+. The summed E-state index contributed by atoms with van der Waals surface area (Å²) in [7, 11) is 7.84. The third-order valence-electron chi connectivity index (χ3n) is 0.644. The fourth-order valence-corrected chi connectivity index (χ4v) is 0.243. The van der Waals surface area contributed by atoms with Crippen molar-refractivity contribution in [3.05, 3.63) is 12.5 Å². The topological polar surface area (TPSA) is 9.23 Å². The Morgan fingerprint density at radius 2 is 1.75 bits per heavy atom. The molecule has 0 bridgehead atoms. The zero-order chi connectivity index (χ0) is 6.62. The molecule has 2 heteroatoms. The molecule has 0 aromatic carbocycles. The van der Waals surface area contributed by atoms with Crippen LogP contribution in [-0.4, -0.2) is 32.7 Å². The summed E-state index contributed by atoms with van der Waals surface area (Å²) in [6.45, 7) is 0. The Hall–Kier alpha value is -0.500. The fraction of sp³-hybridized carbons (Fsp3) is 0.667. The van der Waals surface area contributed by atoms with E-state index in [9.17, 15) is 0 Å². The quantitative estimate of drug-likeness (QED) is 0.383. The summed E-state index contributed by atoms with van der Waals surface area (Å²) < 4.78 is 5.52. The van der Waals surface area contributed by atoms with Crippen molar-refractivity contribution in [2.24, 2.45) is 0 Å². The van der Waals surface area contributed by atoms with Gasteiger partial charge >= 0.3 is 0 Å². The van der Waals surface area contributed by atoms with E-state index in [1.54, 1.807) is 13.4 Å². The molecule has 0 atom stereocenters. The van der Waals surface area contributed by atoms with Crippen LogP contribution in [0.5, 0.6) is 0 Å². The maximum Gasteiger partial charge on any atom is 0.135 e. The lowest BCUT2D eigenvalue weighted by molar-refractivity contribution is -0.817. The lowest BCUT2D eigenvalue weighted by Gasteiger charge is -2.16. The summed E-state index contributed by atoms with van der Waals surface area (Å²) in [6.07, 6.45) is 3.64. The average Bonchev–Trinajstić information content (AvgIpc) is 1.59. The number of hydrogen-bond acceptors (Lipinski definition) is 1. The molecule has 0 aliphatic rings. The molecule has 0 fully saturated rings. The van der Waals surface area contributed by atoms with Crippen molar-refractivity contribution in [1.82, 2.24) is 0 Å². The summed E-state index contributed by atoms with van der Waals surface area (Å²) in [5.74, 6) is 0. The van der Waals surface area contributed by atoms with Gasteiger partial charge in [0.15, 0.2) is 0 Å². The predicted octanol–water partition coefficient (Wildman–Crippen LogP) is 0.810. The summed E-state index contributed by atoms with van der Waals surface area (Å²) >= 11 is 0. The number of hydrogen-bond donors (Lipinski definition) is 0. The van der Waals surface area contributed by atoms with Crippen molar-refractivity contribution in [2.45, 2.75) is 0 Å². The number of rotatable bonds is 2. The Morgan fingerprint density at radius 3 is 1.88 bits per heavy atom. The second kappa shape index (κ2) is 2.72. The van der Waals surface area contributed by atoms with Crippen molar-refractivity contribution < 1.29 is 9.22 Å². The highest BCUT2D eigenvalue weighted by Crippen LogP contribution is 1.89. The predicted molar refractivity (Wildman–Crippen MR) is 34.2 cm³/mol. The lowest BCUT2D eigenvalue weighted by Crippen LogP contribution is -2.26. The smallest absolute Gasteiger partial charge is 0.135 e. The molecule has 0 aromatic rings. The van der Waals surface area contributed by atoms with Gasteiger partial charge in [-0.2, -0.15) is 0 Å². The lowest BCUT2D eigenvalue weighted by atomic mass is 10.7. The normalized spacial score (nSPS) is 12.5. The molecule has 0 aliphatic heterocycles. The van der Waals surface area contributed by atoms with Crippen LogP contribution in [0.2, 0.25) is 0 Å². The molecule has 2 nitrogen and oxygen atoms in total. The van der Waals surface area contributed by atoms with Crippen LogP contribution in [0.4, 0.5) is 0 Å². The van der Waals surface area contributed by atoms with E-state index in [1.165, 1.54) is 0 Å². The first-order valence-electron chi connectivity index (χ1n) is 2.58.